The summed E-state index contributed by atoms with van der Waals surface area (Å²) in [5.74, 6) is 4.48. The number of rotatable bonds is 15. The van der Waals surface area contributed by atoms with Crippen LogP contribution in [0.4, 0.5) is 0 Å². The molecule has 0 atom stereocenters. The van der Waals surface area contributed by atoms with Crippen molar-refractivity contribution in [2.75, 3.05) is 12.9 Å². The number of ether oxygens (including phenoxy) is 1. The van der Waals surface area contributed by atoms with Crippen LogP contribution < -0.4 is 10.1 Å². The summed E-state index contributed by atoms with van der Waals surface area (Å²) in [6, 6.07) is 18.2. The number of allylic oxidation sites excluding steroid dienone is 1. The molecule has 0 fully saturated rings. The zero-order valence-electron chi connectivity index (χ0n) is 22.0. The summed E-state index contributed by atoms with van der Waals surface area (Å²) in [6.45, 7) is 5.30. The van der Waals surface area contributed by atoms with Crippen LogP contribution in [0.3, 0.4) is 0 Å². The van der Waals surface area contributed by atoms with Crippen LogP contribution in [0.25, 0.3) is 0 Å². The van der Waals surface area contributed by atoms with E-state index < -0.39 is 0 Å². The van der Waals surface area contributed by atoms with Crippen LogP contribution in [0, 0.1) is 0 Å². The standard InChI is InChI=1S/C29H37ClN4O2S/c1-22(23(2)30)20-37-21-28-33-32-27(34(28)18-17-24-11-5-4-6-12-24)15-9-10-16-29(35)31-19-25-13-7-8-14-26(25)36-3/h4-8,11-14H,9-10,15-21H2,1-3H3,(H,31,35)/b23-22-. The van der Waals surface area contributed by atoms with Gasteiger partial charge in [0.25, 0.3) is 0 Å². The summed E-state index contributed by atoms with van der Waals surface area (Å²) < 4.78 is 7.62. The van der Waals surface area contributed by atoms with Crippen molar-refractivity contribution in [3.05, 3.63) is 88.0 Å². The van der Waals surface area contributed by atoms with Crippen LogP contribution in [0.5, 0.6) is 5.75 Å². The SMILES string of the molecule is COc1ccccc1CNC(=O)CCCCc1nnc(CSC/C(C)=C(/C)Cl)n1CCc1ccccc1. The molecule has 0 aliphatic heterocycles. The fourth-order valence-corrected chi connectivity index (χ4v) is 5.07. The van der Waals surface area contributed by atoms with E-state index in [4.69, 9.17) is 16.3 Å². The van der Waals surface area contributed by atoms with Crippen LogP contribution in [-0.4, -0.2) is 33.5 Å². The first-order chi connectivity index (χ1) is 18.0. The number of hydrogen-bond acceptors (Lipinski definition) is 5. The van der Waals surface area contributed by atoms with E-state index in [1.807, 2.05) is 37.3 Å². The minimum absolute atomic E-state index is 0.0477. The molecule has 1 N–H and O–H groups in total. The lowest BCUT2D eigenvalue weighted by atomic mass is 10.1. The molecule has 0 saturated carbocycles. The van der Waals surface area contributed by atoms with Crippen molar-refractivity contribution in [1.29, 1.82) is 0 Å². The highest BCUT2D eigenvalue weighted by atomic mass is 35.5. The quantitative estimate of drug-likeness (QED) is 0.228. The van der Waals surface area contributed by atoms with E-state index in [0.29, 0.717) is 13.0 Å². The second-order valence-corrected chi connectivity index (χ2v) is 10.6. The third kappa shape index (κ3) is 9.56. The highest BCUT2D eigenvalue weighted by Gasteiger charge is 2.13. The van der Waals surface area contributed by atoms with Gasteiger partial charge in [-0.2, -0.15) is 0 Å². The van der Waals surface area contributed by atoms with Gasteiger partial charge in [-0.05, 0) is 50.3 Å². The number of amides is 1. The molecular formula is C29H37ClN4O2S. The number of nitrogens with zero attached hydrogens (tertiary/aromatic N) is 3. The Labute approximate surface area is 229 Å². The average Bonchev–Trinajstić information content (AvgIpc) is 3.30. The van der Waals surface area contributed by atoms with Crippen LogP contribution in [0.2, 0.25) is 0 Å². The summed E-state index contributed by atoms with van der Waals surface area (Å²) in [7, 11) is 1.64. The maximum absolute atomic E-state index is 12.4. The number of unbranched alkanes of at least 4 members (excludes halogenated alkanes) is 1. The molecule has 1 heterocycles. The molecule has 0 bridgehead atoms. The van der Waals surface area contributed by atoms with Gasteiger partial charge in [-0.3, -0.25) is 4.79 Å². The smallest absolute Gasteiger partial charge is 0.220 e. The van der Waals surface area contributed by atoms with E-state index in [9.17, 15) is 4.79 Å². The molecule has 37 heavy (non-hydrogen) atoms. The minimum Gasteiger partial charge on any atom is -0.496 e. The molecule has 0 aliphatic carbocycles. The molecule has 0 spiro atoms. The van der Waals surface area contributed by atoms with Crippen LogP contribution >= 0.6 is 23.4 Å². The van der Waals surface area contributed by atoms with Crippen molar-refractivity contribution >= 4 is 29.3 Å². The number of hydrogen-bond donors (Lipinski definition) is 1. The zero-order valence-corrected chi connectivity index (χ0v) is 23.6. The molecule has 3 rings (SSSR count). The number of para-hydroxylation sites is 1. The minimum atomic E-state index is 0.0477. The number of aromatic nitrogens is 3. The maximum Gasteiger partial charge on any atom is 0.220 e. The molecule has 198 valence electrons. The van der Waals surface area contributed by atoms with E-state index in [0.717, 1.165) is 71.7 Å². The van der Waals surface area contributed by atoms with Crippen molar-refractivity contribution in [3.63, 3.8) is 0 Å². The Morgan fingerprint density at radius 3 is 2.49 bits per heavy atom. The van der Waals surface area contributed by atoms with Gasteiger partial charge < -0.3 is 14.6 Å². The fourth-order valence-electron chi connectivity index (χ4n) is 3.90. The lowest BCUT2D eigenvalue weighted by Crippen LogP contribution is -2.22. The Balaban J connectivity index is 1.52. The predicted octanol–water partition coefficient (Wildman–Crippen LogP) is 6.32. The summed E-state index contributed by atoms with van der Waals surface area (Å²) >= 11 is 7.92. The number of aryl methyl sites for hydroxylation is 2. The topological polar surface area (TPSA) is 69.0 Å². The number of thioether (sulfide) groups is 1. The van der Waals surface area contributed by atoms with Crippen LogP contribution in [-0.2, 0) is 36.5 Å². The summed E-state index contributed by atoms with van der Waals surface area (Å²) in [6.07, 6.45) is 3.89. The fraction of sp³-hybridized carbons (Fsp3) is 0.414. The van der Waals surface area contributed by atoms with Gasteiger partial charge in [0.05, 0.1) is 12.9 Å². The van der Waals surface area contributed by atoms with Crippen molar-refractivity contribution in [2.24, 2.45) is 0 Å². The molecule has 2 aromatic carbocycles. The van der Waals surface area contributed by atoms with E-state index >= 15 is 0 Å². The lowest BCUT2D eigenvalue weighted by molar-refractivity contribution is -0.121. The number of halogens is 1. The molecule has 0 unspecified atom stereocenters. The van der Waals surface area contributed by atoms with E-state index in [-0.39, 0.29) is 5.91 Å². The first-order valence-electron chi connectivity index (χ1n) is 12.7. The number of methoxy groups -OCH3 is 1. The van der Waals surface area contributed by atoms with Gasteiger partial charge >= 0.3 is 0 Å². The molecule has 3 aromatic rings. The Morgan fingerprint density at radius 2 is 1.73 bits per heavy atom. The van der Waals surface area contributed by atoms with Gasteiger partial charge in [0, 0.05) is 42.3 Å². The van der Waals surface area contributed by atoms with E-state index in [1.54, 1.807) is 18.9 Å². The largest absolute Gasteiger partial charge is 0.496 e. The molecule has 0 saturated heterocycles. The van der Waals surface area contributed by atoms with Crippen molar-refractivity contribution in [1.82, 2.24) is 20.1 Å². The molecule has 0 aliphatic rings. The number of carbonyl (C=O) groups is 1. The number of benzene rings is 2. The monoisotopic (exact) mass is 540 g/mol. The first kappa shape index (κ1) is 28.8. The van der Waals surface area contributed by atoms with Gasteiger partial charge in [-0.1, -0.05) is 60.1 Å². The number of carbonyl (C=O) groups excluding carboxylic acids is 1. The van der Waals surface area contributed by atoms with Crippen LogP contribution in [0.1, 0.15) is 55.9 Å². The molecule has 1 aromatic heterocycles. The van der Waals surface area contributed by atoms with Gasteiger partial charge in [-0.15, -0.1) is 22.0 Å². The van der Waals surface area contributed by atoms with Gasteiger partial charge in [0.1, 0.15) is 17.4 Å². The van der Waals surface area contributed by atoms with E-state index in [2.05, 4.69) is 51.3 Å². The first-order valence-corrected chi connectivity index (χ1v) is 14.2. The molecule has 6 nitrogen and oxygen atoms in total. The molecule has 8 heteroatoms. The Hall–Kier alpha value is -2.77. The second-order valence-electron chi connectivity index (χ2n) is 9.02. The Kier molecular flexibility index (Phi) is 12.0. The molecule has 0 radical (unpaired) electrons. The number of nitrogens with one attached hydrogen (secondary N) is 1. The molecular weight excluding hydrogens is 504 g/mol. The van der Waals surface area contributed by atoms with Crippen molar-refractivity contribution < 1.29 is 9.53 Å². The highest BCUT2D eigenvalue weighted by Crippen LogP contribution is 2.20. The zero-order chi connectivity index (χ0) is 26.5. The second kappa shape index (κ2) is 15.5. The normalized spacial score (nSPS) is 11.8. The van der Waals surface area contributed by atoms with Crippen molar-refractivity contribution in [2.45, 2.75) is 64.8 Å². The third-order valence-electron chi connectivity index (χ3n) is 6.23. The maximum atomic E-state index is 12.4. The van der Waals surface area contributed by atoms with Gasteiger partial charge in [0.15, 0.2) is 0 Å². The Morgan fingerprint density at radius 1 is 1.00 bits per heavy atom. The third-order valence-corrected chi connectivity index (χ3v) is 7.65. The molecule has 1 amide bonds. The highest BCUT2D eigenvalue weighted by molar-refractivity contribution is 7.98. The van der Waals surface area contributed by atoms with E-state index in [1.165, 1.54) is 11.1 Å². The lowest BCUT2D eigenvalue weighted by Gasteiger charge is -2.11. The van der Waals surface area contributed by atoms with Crippen molar-refractivity contribution in [3.8, 4) is 5.75 Å². The summed E-state index contributed by atoms with van der Waals surface area (Å²) in [5.41, 5.74) is 3.46. The van der Waals surface area contributed by atoms with Gasteiger partial charge in [0.2, 0.25) is 5.91 Å². The summed E-state index contributed by atoms with van der Waals surface area (Å²) in [4.78, 5) is 12.4. The predicted molar refractivity (Wildman–Crippen MR) is 153 cm³/mol. The summed E-state index contributed by atoms with van der Waals surface area (Å²) in [5, 5.41) is 12.9. The average molecular weight is 541 g/mol. The van der Waals surface area contributed by atoms with Gasteiger partial charge in [-0.25, -0.2) is 0 Å². The Bertz CT molecular complexity index is 1160. The van der Waals surface area contributed by atoms with Crippen LogP contribution in [0.15, 0.2) is 65.2 Å².